The molecule has 0 saturated heterocycles. The molecule has 0 spiro atoms. The van der Waals surface area contributed by atoms with Crippen LogP contribution >= 0.6 is 39.1 Å². The van der Waals surface area contributed by atoms with Gasteiger partial charge in [0.2, 0.25) is 0 Å². The van der Waals surface area contributed by atoms with Crippen LogP contribution in [0.2, 0.25) is 10.0 Å². The minimum atomic E-state index is 0.0623. The molecule has 20 heavy (non-hydrogen) atoms. The number of hydrogen-bond donors (Lipinski definition) is 1. The van der Waals surface area contributed by atoms with E-state index in [-0.39, 0.29) is 6.04 Å². The average Bonchev–Trinajstić information content (AvgIpc) is 2.37. The maximum absolute atomic E-state index is 5.99. The van der Waals surface area contributed by atoms with Crippen molar-refractivity contribution >= 4 is 39.1 Å². The second-order valence-electron chi connectivity index (χ2n) is 4.61. The average molecular weight is 375 g/mol. The molecule has 2 aromatic rings. The molecule has 2 rings (SSSR count). The molecule has 0 heterocycles. The summed E-state index contributed by atoms with van der Waals surface area (Å²) in [6.45, 7) is 1.96. The van der Waals surface area contributed by atoms with Gasteiger partial charge in [0.15, 0.2) is 0 Å². The van der Waals surface area contributed by atoms with E-state index < -0.39 is 0 Å². The lowest BCUT2D eigenvalue weighted by atomic mass is 10.1. The SMILES string of the molecule is CC(N)Cc1ccc(Br)cc1Oc1ccc(Cl)c(Cl)c1. The molecule has 0 fully saturated rings. The van der Waals surface area contributed by atoms with E-state index in [1.165, 1.54) is 0 Å². The molecular weight excluding hydrogens is 361 g/mol. The van der Waals surface area contributed by atoms with E-state index in [1.54, 1.807) is 18.2 Å². The Morgan fingerprint density at radius 2 is 1.90 bits per heavy atom. The minimum absolute atomic E-state index is 0.0623. The van der Waals surface area contributed by atoms with Crippen LogP contribution in [0.4, 0.5) is 0 Å². The van der Waals surface area contributed by atoms with E-state index in [1.807, 2.05) is 25.1 Å². The molecule has 5 heteroatoms. The molecule has 0 saturated carbocycles. The van der Waals surface area contributed by atoms with Gasteiger partial charge in [-0.2, -0.15) is 0 Å². The monoisotopic (exact) mass is 373 g/mol. The smallest absolute Gasteiger partial charge is 0.131 e. The molecule has 106 valence electrons. The molecule has 0 radical (unpaired) electrons. The molecule has 1 unspecified atom stereocenters. The van der Waals surface area contributed by atoms with Gasteiger partial charge in [0.25, 0.3) is 0 Å². The lowest BCUT2D eigenvalue weighted by molar-refractivity contribution is 0.473. The Hall–Kier alpha value is -0.740. The highest BCUT2D eigenvalue weighted by Gasteiger charge is 2.09. The quantitative estimate of drug-likeness (QED) is 0.773. The first-order valence-electron chi connectivity index (χ1n) is 6.12. The molecule has 0 aliphatic heterocycles. The lowest BCUT2D eigenvalue weighted by Crippen LogP contribution is -2.18. The van der Waals surface area contributed by atoms with Crippen molar-refractivity contribution in [1.82, 2.24) is 0 Å². The Balaban J connectivity index is 2.31. The summed E-state index contributed by atoms with van der Waals surface area (Å²) in [5.41, 5.74) is 6.91. The van der Waals surface area contributed by atoms with Crippen LogP contribution in [0.25, 0.3) is 0 Å². The van der Waals surface area contributed by atoms with Crippen molar-refractivity contribution in [3.05, 3.63) is 56.5 Å². The summed E-state index contributed by atoms with van der Waals surface area (Å²) in [7, 11) is 0. The van der Waals surface area contributed by atoms with Crippen molar-refractivity contribution < 1.29 is 4.74 Å². The third-order valence-corrected chi connectivity index (χ3v) is 3.92. The van der Waals surface area contributed by atoms with Crippen molar-refractivity contribution in [2.75, 3.05) is 0 Å². The zero-order valence-electron chi connectivity index (χ0n) is 10.9. The van der Waals surface area contributed by atoms with Gasteiger partial charge >= 0.3 is 0 Å². The van der Waals surface area contributed by atoms with E-state index >= 15 is 0 Å². The largest absolute Gasteiger partial charge is 0.457 e. The molecule has 2 nitrogen and oxygen atoms in total. The Morgan fingerprint density at radius 3 is 2.55 bits per heavy atom. The summed E-state index contributed by atoms with van der Waals surface area (Å²) in [5.74, 6) is 1.40. The highest BCUT2D eigenvalue weighted by Crippen LogP contribution is 2.32. The number of benzene rings is 2. The van der Waals surface area contributed by atoms with E-state index in [0.29, 0.717) is 15.8 Å². The molecule has 2 aromatic carbocycles. The lowest BCUT2D eigenvalue weighted by Gasteiger charge is -2.13. The molecule has 0 bridgehead atoms. The number of nitrogens with two attached hydrogens (primary N) is 1. The molecule has 0 aliphatic carbocycles. The minimum Gasteiger partial charge on any atom is -0.457 e. The van der Waals surface area contributed by atoms with E-state index in [0.717, 1.165) is 22.2 Å². The molecule has 1 atom stereocenters. The Bertz CT molecular complexity index is 617. The van der Waals surface area contributed by atoms with Gasteiger partial charge < -0.3 is 10.5 Å². The predicted octanol–water partition coefficient (Wildman–Crippen LogP) is 5.44. The topological polar surface area (TPSA) is 35.2 Å². The van der Waals surface area contributed by atoms with Gasteiger partial charge in [0.05, 0.1) is 10.0 Å². The highest BCUT2D eigenvalue weighted by atomic mass is 79.9. The Kier molecular flexibility index (Phi) is 5.33. The normalized spacial score (nSPS) is 12.2. The van der Waals surface area contributed by atoms with Crippen molar-refractivity contribution in [3.63, 3.8) is 0 Å². The fourth-order valence-corrected chi connectivity index (χ4v) is 2.43. The van der Waals surface area contributed by atoms with Crippen molar-refractivity contribution in [3.8, 4) is 11.5 Å². The second-order valence-corrected chi connectivity index (χ2v) is 6.34. The summed E-state index contributed by atoms with van der Waals surface area (Å²) in [4.78, 5) is 0. The Morgan fingerprint density at radius 1 is 1.15 bits per heavy atom. The van der Waals surface area contributed by atoms with Crippen LogP contribution in [0.3, 0.4) is 0 Å². The first-order valence-corrected chi connectivity index (χ1v) is 7.67. The summed E-state index contributed by atoms with van der Waals surface area (Å²) >= 11 is 15.3. The second kappa shape index (κ2) is 6.81. The molecule has 2 N–H and O–H groups in total. The van der Waals surface area contributed by atoms with Crippen LogP contribution in [-0.2, 0) is 6.42 Å². The van der Waals surface area contributed by atoms with Crippen LogP contribution in [0, 0.1) is 0 Å². The summed E-state index contributed by atoms with van der Waals surface area (Å²) in [6, 6.07) is 11.1. The third kappa shape index (κ3) is 4.13. The van der Waals surface area contributed by atoms with Crippen molar-refractivity contribution in [2.24, 2.45) is 5.73 Å². The van der Waals surface area contributed by atoms with E-state index in [4.69, 9.17) is 33.7 Å². The van der Waals surface area contributed by atoms with Crippen LogP contribution in [-0.4, -0.2) is 6.04 Å². The maximum atomic E-state index is 5.99. The van der Waals surface area contributed by atoms with Crippen LogP contribution < -0.4 is 10.5 Å². The zero-order chi connectivity index (χ0) is 14.7. The zero-order valence-corrected chi connectivity index (χ0v) is 14.0. The molecule has 0 amide bonds. The van der Waals surface area contributed by atoms with E-state index in [9.17, 15) is 0 Å². The number of hydrogen-bond acceptors (Lipinski definition) is 2. The number of ether oxygens (including phenoxy) is 1. The summed E-state index contributed by atoms with van der Waals surface area (Å²) in [6.07, 6.45) is 0.740. The van der Waals surface area contributed by atoms with Crippen LogP contribution in [0.15, 0.2) is 40.9 Å². The van der Waals surface area contributed by atoms with Gasteiger partial charge in [-0.3, -0.25) is 0 Å². The summed E-state index contributed by atoms with van der Waals surface area (Å²) < 4.78 is 6.84. The third-order valence-electron chi connectivity index (χ3n) is 2.69. The predicted molar refractivity (Wildman–Crippen MR) is 88.0 cm³/mol. The van der Waals surface area contributed by atoms with Gasteiger partial charge in [0.1, 0.15) is 11.5 Å². The van der Waals surface area contributed by atoms with Gasteiger partial charge in [-0.15, -0.1) is 0 Å². The maximum Gasteiger partial charge on any atom is 0.131 e. The number of halogens is 3. The first-order chi connectivity index (χ1) is 9.45. The van der Waals surface area contributed by atoms with Gasteiger partial charge in [-0.25, -0.2) is 0 Å². The molecular formula is C15H14BrCl2NO. The van der Waals surface area contributed by atoms with Crippen LogP contribution in [0.5, 0.6) is 11.5 Å². The van der Waals surface area contributed by atoms with Gasteiger partial charge in [0, 0.05) is 16.6 Å². The number of rotatable bonds is 4. The van der Waals surface area contributed by atoms with Gasteiger partial charge in [-0.1, -0.05) is 45.2 Å². The summed E-state index contributed by atoms with van der Waals surface area (Å²) in [5, 5.41) is 0.969. The van der Waals surface area contributed by atoms with E-state index in [2.05, 4.69) is 15.9 Å². The van der Waals surface area contributed by atoms with Crippen molar-refractivity contribution in [1.29, 1.82) is 0 Å². The Labute approximate surface area is 137 Å². The highest BCUT2D eigenvalue weighted by molar-refractivity contribution is 9.10. The molecule has 0 aliphatic rings. The fraction of sp³-hybridized carbons (Fsp3) is 0.200. The van der Waals surface area contributed by atoms with Crippen LogP contribution in [0.1, 0.15) is 12.5 Å². The molecule has 0 aromatic heterocycles. The standard InChI is InChI=1S/C15H14BrCl2NO/c1-9(19)6-10-2-3-11(16)7-15(10)20-12-4-5-13(17)14(18)8-12/h2-5,7-9H,6,19H2,1H3. The fourth-order valence-electron chi connectivity index (χ4n) is 1.81. The van der Waals surface area contributed by atoms with Crippen molar-refractivity contribution in [2.45, 2.75) is 19.4 Å². The van der Waals surface area contributed by atoms with Gasteiger partial charge in [-0.05, 0) is 43.2 Å². The first kappa shape index (κ1) is 15.6.